The van der Waals surface area contributed by atoms with Crippen molar-refractivity contribution in [3.63, 3.8) is 0 Å². The maximum Gasteiger partial charge on any atom is 0.524 e. The number of carboxylic acids is 2. The number of carbonyl (C=O) groups is 10. The number of allylic oxidation sites excluding steroid dienone is 3. The third-order valence-corrected chi connectivity index (χ3v) is 20.9. The number of piperidine rings is 1. The van der Waals surface area contributed by atoms with E-state index in [-0.39, 0.29) is 81.2 Å². The van der Waals surface area contributed by atoms with Crippen molar-refractivity contribution in [2.24, 2.45) is 53.3 Å². The molecule has 562 valence electrons. The summed E-state index contributed by atoms with van der Waals surface area (Å²) in [4.78, 5) is 159. The van der Waals surface area contributed by atoms with Gasteiger partial charge in [-0.05, 0) is 145 Å². The molecule has 100 heavy (non-hydrogen) atoms. The normalized spacial score (nSPS) is 29.9. The number of nitrogens with one attached hydrogen (secondary N) is 2. The van der Waals surface area contributed by atoms with Crippen molar-refractivity contribution in [2.45, 2.75) is 238 Å². The van der Waals surface area contributed by atoms with Crippen LogP contribution in [0.25, 0.3) is 0 Å². The molecular weight excluding hydrogens is 1330 g/mol. The summed E-state index contributed by atoms with van der Waals surface area (Å²) in [5.74, 6) is -19.4. The number of aliphatic hydroxyl groups excluding tert-OH is 3. The zero-order valence-corrected chi connectivity index (χ0v) is 60.2. The van der Waals surface area contributed by atoms with E-state index in [2.05, 4.69) is 15.2 Å². The number of esters is 2. The van der Waals surface area contributed by atoms with Crippen LogP contribution in [0.5, 0.6) is 5.75 Å². The first-order valence-corrected chi connectivity index (χ1v) is 36.5. The van der Waals surface area contributed by atoms with Crippen LogP contribution >= 0.6 is 7.82 Å². The maximum atomic E-state index is 14.9. The lowest BCUT2D eigenvalue weighted by Crippen LogP contribution is -2.64. The monoisotopic (exact) mass is 1430 g/mol. The Labute approximate surface area is 585 Å². The summed E-state index contributed by atoms with van der Waals surface area (Å²) in [6.45, 7) is 13.3. The Hall–Kier alpha value is -6.33. The zero-order valence-electron chi connectivity index (χ0n) is 59.3. The summed E-state index contributed by atoms with van der Waals surface area (Å²) < 4.78 is 46.6. The number of fused-ring (bicyclic) bond motifs is 3. The maximum absolute atomic E-state index is 14.9. The van der Waals surface area contributed by atoms with Crippen LogP contribution in [-0.2, 0) is 82.6 Å². The number of aliphatic hydroxyl groups is 4. The lowest BCUT2D eigenvalue weighted by atomic mass is 9.78. The van der Waals surface area contributed by atoms with Crippen LogP contribution in [0.4, 0.5) is 0 Å². The first-order valence-electron chi connectivity index (χ1n) is 35.0. The molecule has 29 heteroatoms. The van der Waals surface area contributed by atoms with E-state index in [0.29, 0.717) is 61.7 Å². The highest BCUT2D eigenvalue weighted by molar-refractivity contribution is 7.46. The van der Waals surface area contributed by atoms with Crippen LogP contribution in [0, 0.1) is 53.3 Å². The number of cyclic esters (lactones) is 1. The van der Waals surface area contributed by atoms with Gasteiger partial charge in [0.25, 0.3) is 11.7 Å². The zero-order chi connectivity index (χ0) is 74.5. The third-order valence-electron chi connectivity index (χ3n) is 20.4. The number of phosphoric ester groups is 1. The fourth-order valence-corrected chi connectivity index (χ4v) is 14.4. The molecule has 1 aromatic carbocycles. The molecular formula is C71H108N3O25P. The number of benzene rings is 1. The number of hydrogen-bond acceptors (Lipinski definition) is 21. The number of hydrogen-bond donors (Lipinski definition) is 10. The number of aliphatic carboxylic acids is 2. The van der Waals surface area contributed by atoms with Gasteiger partial charge in [-0.25, -0.2) is 9.36 Å². The van der Waals surface area contributed by atoms with E-state index in [4.69, 9.17) is 23.7 Å². The first-order chi connectivity index (χ1) is 47.0. The van der Waals surface area contributed by atoms with E-state index >= 15 is 0 Å². The van der Waals surface area contributed by atoms with Gasteiger partial charge in [0.15, 0.2) is 5.78 Å². The fraction of sp³-hybridized carbons (Fsp3) is 0.718. The smallest absolute Gasteiger partial charge is 0.481 e. The van der Waals surface area contributed by atoms with Crippen LogP contribution in [0.15, 0.2) is 47.6 Å². The summed E-state index contributed by atoms with van der Waals surface area (Å²) in [6, 6.07) is 1.86. The Kier molecular flexibility index (Phi) is 33.2. The molecule has 2 saturated heterocycles. The Morgan fingerprint density at radius 2 is 1.47 bits per heavy atom. The molecule has 1 unspecified atom stereocenters. The van der Waals surface area contributed by atoms with Gasteiger partial charge in [0.05, 0.1) is 49.4 Å². The topological polar surface area (TPSA) is 432 Å². The van der Waals surface area contributed by atoms with Crippen LogP contribution in [-0.4, -0.2) is 199 Å². The minimum Gasteiger partial charge on any atom is -0.481 e. The van der Waals surface area contributed by atoms with Gasteiger partial charge in [-0.1, -0.05) is 70.9 Å². The average molecular weight is 1430 g/mol. The van der Waals surface area contributed by atoms with E-state index in [9.17, 15) is 92.9 Å². The van der Waals surface area contributed by atoms with Crippen molar-refractivity contribution in [1.29, 1.82) is 0 Å². The summed E-state index contributed by atoms with van der Waals surface area (Å²) >= 11 is 0. The molecule has 1 saturated carbocycles. The van der Waals surface area contributed by atoms with Crippen molar-refractivity contribution in [3.8, 4) is 5.75 Å². The molecule has 0 aromatic heterocycles. The predicted octanol–water partition coefficient (Wildman–Crippen LogP) is 5.65. The highest BCUT2D eigenvalue weighted by Gasteiger charge is 2.57. The van der Waals surface area contributed by atoms with Crippen LogP contribution in [0.1, 0.15) is 177 Å². The molecule has 10 N–H and O–H groups in total. The van der Waals surface area contributed by atoms with Gasteiger partial charge in [0, 0.05) is 88.7 Å². The Balaban J connectivity index is 1.51. The summed E-state index contributed by atoms with van der Waals surface area (Å²) in [7, 11) is -2.14. The molecule has 0 spiro atoms. The molecule has 1 aliphatic carbocycles. The van der Waals surface area contributed by atoms with Crippen molar-refractivity contribution < 1.29 is 121 Å². The van der Waals surface area contributed by atoms with Crippen molar-refractivity contribution in [2.75, 3.05) is 34.0 Å². The van der Waals surface area contributed by atoms with Gasteiger partial charge in [-0.3, -0.25) is 52.9 Å². The van der Waals surface area contributed by atoms with E-state index in [1.54, 1.807) is 40.7 Å². The number of rotatable bonds is 29. The van der Waals surface area contributed by atoms with E-state index in [1.807, 2.05) is 26.8 Å². The largest absolute Gasteiger partial charge is 0.524 e. The van der Waals surface area contributed by atoms with E-state index in [1.165, 1.54) is 38.5 Å². The number of nitrogens with zero attached hydrogens (tertiary/aromatic N) is 1. The lowest BCUT2D eigenvalue weighted by Gasteiger charge is -2.47. The quantitative estimate of drug-likeness (QED) is 0.0200. The number of methoxy groups -OCH3 is 2. The number of ether oxygens (including phenoxy) is 5. The predicted molar refractivity (Wildman–Crippen MR) is 360 cm³/mol. The molecule has 5 rings (SSSR count). The number of amides is 3. The molecule has 3 amide bonds. The summed E-state index contributed by atoms with van der Waals surface area (Å²) in [6.07, 6.45) is -3.36. The highest BCUT2D eigenvalue weighted by atomic mass is 31.2. The van der Waals surface area contributed by atoms with Gasteiger partial charge in [0.1, 0.15) is 29.8 Å². The number of Topliss-reactive ketones (excluding diaryl/α,β-unsaturated/α-hetero) is 3. The standard InChI is InChI=1S/C71H108N3O25P/c1-11-41(4)45(8)72-67(86)49(18-23-61(80)81)35-58(79)53(21-24-62(82)83)73-68(87)50(33-46-15-19-52(20-16-46)99-100(91,92)93)36-63(84)96-27-25-48-29-39(2)28-40(3)30-59(94-9)65-60(95-10)32-43(6)71(90,98-65)66(85)69(88)74-26-13-12-14-54(74)70(89)97-64(44(7)56(77)37-57(48)78)42(5)31-47-17-22-55(76)51(34-47)38-75/h15-16,19-20,29,31,40-41,43-45,47-51,53-56,59-60,64-65,75-77,90H,11-14,17-18,21-28,30,32-38H2,1-10H3,(H,72,86)(H,73,87)(H,80,81)(H,82,83)(H2,91,92,93)/b39-29+,42-31+/t40-,41?,43+,44+,45-,47-,48+,49-,50-,51-,53+,54-,55+,56-,59-,60-,64+,65+,71+/m0/s1. The van der Waals surface area contributed by atoms with E-state index in [0.717, 1.165) is 4.90 Å². The number of phosphoric acid groups is 1. The third kappa shape index (κ3) is 25.0. The van der Waals surface area contributed by atoms with Crippen molar-refractivity contribution in [3.05, 3.63) is 53.1 Å². The molecule has 28 nitrogen and oxygen atoms in total. The molecule has 3 heterocycles. The van der Waals surface area contributed by atoms with Gasteiger partial charge >= 0.3 is 31.7 Å². The Bertz CT molecular complexity index is 3080. The minimum atomic E-state index is -5.00. The van der Waals surface area contributed by atoms with Crippen LogP contribution in [0.3, 0.4) is 0 Å². The second-order valence-corrected chi connectivity index (χ2v) is 29.4. The van der Waals surface area contributed by atoms with E-state index < -0.39 is 202 Å². The molecule has 4 aliphatic rings. The van der Waals surface area contributed by atoms with Crippen LogP contribution in [0.2, 0.25) is 0 Å². The number of carbonyl (C=O) groups excluding carboxylic acids is 8. The highest BCUT2D eigenvalue weighted by Crippen LogP contribution is 2.41. The summed E-state index contributed by atoms with van der Waals surface area (Å²) in [5, 5.41) is 70.0. The lowest BCUT2D eigenvalue weighted by molar-refractivity contribution is -0.302. The molecule has 3 aliphatic heterocycles. The fourth-order valence-electron chi connectivity index (χ4n) is 14.0. The molecule has 1 aromatic rings. The van der Waals surface area contributed by atoms with Crippen LogP contribution < -0.4 is 15.2 Å². The van der Waals surface area contributed by atoms with Gasteiger partial charge in [-0.15, -0.1) is 0 Å². The molecule has 2 bridgehead atoms. The molecule has 0 radical (unpaired) electrons. The SMILES string of the molecule is CCC(C)[C@H](C)NC(=O)[C@@H](CCC(=O)O)CC(=O)[C@@H](CCC(=O)O)NC(=O)[C@H](CC(=O)OCC[C@@H]1/C=C(\C)C[C@H](C)C[C@H](OC)[C@H]2O[C@@](O)(C(=O)C(=O)N3CCCC[C@H]3C(=O)O[C@H](/C(C)=C/[C@@H]3CC[C@@H](O)[C@H](CO)C3)[C@H](C)[C@@H](O)CC1=O)[C@H](C)C[C@@H]2OC)Cc1ccc(OP(=O)(O)O)cc1. The van der Waals surface area contributed by atoms with Crippen molar-refractivity contribution >= 4 is 66.8 Å². The Morgan fingerprint density at radius 3 is 2.09 bits per heavy atom. The first kappa shape index (κ1) is 84.3. The molecule has 19 atom stereocenters. The Morgan fingerprint density at radius 1 is 0.830 bits per heavy atom. The number of ketones is 3. The molecule has 3 fully saturated rings. The minimum absolute atomic E-state index is 0.00535. The van der Waals surface area contributed by atoms with Gasteiger partial charge in [-0.2, -0.15) is 0 Å². The number of carboxylic acid groups (broad SMARTS) is 2. The van der Waals surface area contributed by atoms with Crippen molar-refractivity contribution in [1.82, 2.24) is 15.5 Å². The second-order valence-electron chi connectivity index (χ2n) is 28.2. The second kappa shape index (κ2) is 39.4. The average Bonchev–Trinajstić information content (AvgIpc) is 0.770. The summed E-state index contributed by atoms with van der Waals surface area (Å²) in [5.41, 5.74) is 1.44. The van der Waals surface area contributed by atoms with Gasteiger partial charge in [0.2, 0.25) is 17.6 Å². The van der Waals surface area contributed by atoms with Gasteiger partial charge < -0.3 is 74.4 Å².